The highest BCUT2D eigenvalue weighted by Gasteiger charge is 2.55. The van der Waals surface area contributed by atoms with Gasteiger partial charge in [-0.1, -0.05) is 63.9 Å². The molecule has 6 nitrogen and oxygen atoms in total. The molecule has 1 aliphatic rings. The van der Waals surface area contributed by atoms with Crippen molar-refractivity contribution in [3.63, 3.8) is 0 Å². The van der Waals surface area contributed by atoms with Crippen LogP contribution in [0.2, 0.25) is 5.02 Å². The molecule has 0 saturated heterocycles. The lowest BCUT2D eigenvalue weighted by Gasteiger charge is -2.29. The van der Waals surface area contributed by atoms with E-state index in [0.717, 1.165) is 0 Å². The number of rotatable bonds is 5. The molecule has 0 radical (unpaired) electrons. The van der Waals surface area contributed by atoms with Crippen LogP contribution in [0.25, 0.3) is 0 Å². The monoisotopic (exact) mass is 435 g/mol. The number of carbonyl (C=O) groups excluding carboxylic acids is 1. The molecule has 0 bridgehead atoms. The van der Waals surface area contributed by atoms with Gasteiger partial charge in [0, 0.05) is 9.95 Å². The molecule has 3 rings (SSSR count). The van der Waals surface area contributed by atoms with Gasteiger partial charge in [-0.3, -0.25) is 14.9 Å². The predicted octanol–water partition coefficient (Wildman–Crippen LogP) is 4.26. The normalized spacial score (nSPS) is 20.8. The summed E-state index contributed by atoms with van der Waals surface area (Å²) in [5.41, 5.74) is 1.57. The van der Waals surface area contributed by atoms with Crippen molar-refractivity contribution < 1.29 is 9.72 Å². The summed E-state index contributed by atoms with van der Waals surface area (Å²) < 4.78 is -1.35. The third-order valence-electron chi connectivity index (χ3n) is 4.37. The Labute approximate surface area is 163 Å². The highest BCUT2D eigenvalue weighted by Crippen LogP contribution is 2.45. The summed E-state index contributed by atoms with van der Waals surface area (Å²) in [6, 6.07) is 15.8. The highest BCUT2D eigenvalue weighted by atomic mass is 79.9. The van der Waals surface area contributed by atoms with Gasteiger partial charge < -0.3 is 0 Å². The Morgan fingerprint density at radius 1 is 1.23 bits per heavy atom. The van der Waals surface area contributed by atoms with Crippen molar-refractivity contribution in [1.29, 1.82) is 0 Å². The van der Waals surface area contributed by atoms with Crippen LogP contribution in [0.15, 0.2) is 59.7 Å². The van der Waals surface area contributed by atoms with Crippen LogP contribution in [-0.4, -0.2) is 27.4 Å². The van der Waals surface area contributed by atoms with Crippen LogP contribution in [0.5, 0.6) is 0 Å². The molecule has 1 heterocycles. The minimum Gasteiger partial charge on any atom is -0.270 e. The Balaban J connectivity index is 2.09. The summed E-state index contributed by atoms with van der Waals surface area (Å²) >= 11 is 9.78. The summed E-state index contributed by atoms with van der Waals surface area (Å²) in [4.78, 5) is 24.1. The SMILES string of the molecule is CC1=NN(c2ccccc2)C(=O)[C@@]1(Br)[C@@H](C[N+](=O)[O-])c1ccccc1Cl. The molecule has 2 aromatic rings. The van der Waals surface area contributed by atoms with Gasteiger partial charge in [0.25, 0.3) is 5.91 Å². The van der Waals surface area contributed by atoms with E-state index < -0.39 is 21.7 Å². The van der Waals surface area contributed by atoms with E-state index in [-0.39, 0.29) is 5.91 Å². The van der Waals surface area contributed by atoms with E-state index in [1.165, 1.54) is 5.01 Å². The van der Waals surface area contributed by atoms with Gasteiger partial charge in [0.1, 0.15) is 0 Å². The zero-order valence-electron chi connectivity index (χ0n) is 13.8. The van der Waals surface area contributed by atoms with Crippen LogP contribution in [0.3, 0.4) is 0 Å². The minimum absolute atomic E-state index is 0.372. The number of hydrogen-bond acceptors (Lipinski definition) is 4. The number of hydrogen-bond donors (Lipinski definition) is 0. The summed E-state index contributed by atoms with van der Waals surface area (Å²) in [7, 11) is 0. The molecule has 2 atom stereocenters. The number of anilines is 1. The third-order valence-corrected chi connectivity index (χ3v) is 6.18. The molecule has 0 aromatic heterocycles. The topological polar surface area (TPSA) is 75.8 Å². The summed E-state index contributed by atoms with van der Waals surface area (Å²) in [6.07, 6.45) is 0. The second-order valence-electron chi connectivity index (χ2n) is 5.94. The molecule has 0 unspecified atom stereocenters. The summed E-state index contributed by atoms with van der Waals surface area (Å²) in [5, 5.41) is 17.3. The van der Waals surface area contributed by atoms with E-state index in [4.69, 9.17) is 11.6 Å². The minimum atomic E-state index is -1.35. The van der Waals surface area contributed by atoms with E-state index >= 15 is 0 Å². The van der Waals surface area contributed by atoms with E-state index in [1.54, 1.807) is 55.5 Å². The maximum Gasteiger partial charge on any atom is 0.271 e. The average Bonchev–Trinajstić information content (AvgIpc) is 2.86. The number of nitro groups is 1. The summed E-state index contributed by atoms with van der Waals surface area (Å²) in [6.45, 7) is 1.22. The molecule has 0 spiro atoms. The number of alkyl halides is 1. The van der Waals surface area contributed by atoms with Crippen LogP contribution in [0.1, 0.15) is 18.4 Å². The van der Waals surface area contributed by atoms with E-state index in [2.05, 4.69) is 21.0 Å². The van der Waals surface area contributed by atoms with Crippen molar-refractivity contribution in [2.45, 2.75) is 17.2 Å². The smallest absolute Gasteiger partial charge is 0.270 e. The molecule has 2 aromatic carbocycles. The Morgan fingerprint density at radius 3 is 2.46 bits per heavy atom. The van der Waals surface area contributed by atoms with Gasteiger partial charge in [-0.2, -0.15) is 10.1 Å². The molecule has 1 aliphatic heterocycles. The van der Waals surface area contributed by atoms with Crippen molar-refractivity contribution in [3.8, 4) is 0 Å². The molecule has 0 fully saturated rings. The first kappa shape index (κ1) is 18.5. The lowest BCUT2D eigenvalue weighted by molar-refractivity contribution is -0.483. The summed E-state index contributed by atoms with van der Waals surface area (Å²) in [5.74, 6) is -1.19. The van der Waals surface area contributed by atoms with Gasteiger partial charge in [0.15, 0.2) is 4.32 Å². The largest absolute Gasteiger partial charge is 0.271 e. The Kier molecular flexibility index (Phi) is 5.11. The molecule has 0 N–H and O–H groups in total. The average molecular weight is 437 g/mol. The lowest BCUT2D eigenvalue weighted by Crippen LogP contribution is -2.47. The number of para-hydroxylation sites is 1. The molecular formula is C18H15BrClN3O3. The van der Waals surface area contributed by atoms with E-state index in [1.807, 2.05) is 6.07 Å². The molecule has 8 heteroatoms. The van der Waals surface area contributed by atoms with Gasteiger partial charge in [0.2, 0.25) is 6.54 Å². The quantitative estimate of drug-likeness (QED) is 0.399. The van der Waals surface area contributed by atoms with Crippen LogP contribution in [0.4, 0.5) is 5.69 Å². The molecule has 26 heavy (non-hydrogen) atoms. The first-order valence-electron chi connectivity index (χ1n) is 7.86. The van der Waals surface area contributed by atoms with Gasteiger partial charge in [-0.15, -0.1) is 0 Å². The first-order valence-corrected chi connectivity index (χ1v) is 9.03. The molecule has 134 valence electrons. The molecular weight excluding hydrogens is 422 g/mol. The number of carbonyl (C=O) groups is 1. The van der Waals surface area contributed by atoms with Crippen LogP contribution in [0, 0.1) is 10.1 Å². The first-order chi connectivity index (χ1) is 12.4. The predicted molar refractivity (Wildman–Crippen MR) is 105 cm³/mol. The third kappa shape index (κ3) is 3.12. The molecule has 1 amide bonds. The maximum atomic E-state index is 13.2. The molecule has 0 aliphatic carbocycles. The maximum absolute atomic E-state index is 13.2. The fourth-order valence-electron chi connectivity index (χ4n) is 3.07. The van der Waals surface area contributed by atoms with Crippen molar-refractivity contribution in [2.75, 3.05) is 11.6 Å². The van der Waals surface area contributed by atoms with Gasteiger partial charge >= 0.3 is 0 Å². The zero-order chi connectivity index (χ0) is 18.9. The van der Waals surface area contributed by atoms with Crippen LogP contribution in [-0.2, 0) is 4.79 Å². The van der Waals surface area contributed by atoms with Crippen molar-refractivity contribution in [2.24, 2.45) is 5.10 Å². The second-order valence-corrected chi connectivity index (χ2v) is 7.60. The number of amides is 1. The van der Waals surface area contributed by atoms with E-state index in [9.17, 15) is 14.9 Å². The van der Waals surface area contributed by atoms with E-state index in [0.29, 0.717) is 22.0 Å². The number of halogens is 2. The van der Waals surface area contributed by atoms with Crippen LogP contribution < -0.4 is 5.01 Å². The fourth-order valence-corrected chi connectivity index (χ4v) is 3.97. The second kappa shape index (κ2) is 7.17. The van der Waals surface area contributed by atoms with Crippen molar-refractivity contribution in [1.82, 2.24) is 0 Å². The van der Waals surface area contributed by atoms with Gasteiger partial charge in [-0.25, -0.2) is 0 Å². The number of hydrazone groups is 1. The Morgan fingerprint density at radius 2 is 1.85 bits per heavy atom. The zero-order valence-corrected chi connectivity index (χ0v) is 16.1. The number of nitrogens with zero attached hydrogens (tertiary/aromatic N) is 3. The lowest BCUT2D eigenvalue weighted by atomic mass is 9.82. The Bertz CT molecular complexity index is 890. The van der Waals surface area contributed by atoms with Crippen LogP contribution >= 0.6 is 27.5 Å². The van der Waals surface area contributed by atoms with Crippen molar-refractivity contribution >= 4 is 44.8 Å². The van der Waals surface area contributed by atoms with Gasteiger partial charge in [-0.05, 0) is 30.7 Å². The Hall–Kier alpha value is -2.25. The fraction of sp³-hybridized carbons (Fsp3) is 0.222. The number of benzene rings is 2. The van der Waals surface area contributed by atoms with Crippen molar-refractivity contribution in [3.05, 3.63) is 75.3 Å². The molecule has 0 saturated carbocycles. The highest BCUT2D eigenvalue weighted by molar-refractivity contribution is 9.10. The standard InChI is InChI=1S/C18H15BrClN3O3/c1-12-18(19,17(24)23(21-12)13-7-3-2-4-8-13)15(11-22(25)26)14-9-5-6-10-16(14)20/h2-10,15H,11H2,1H3/t15-,18-/m0/s1. The van der Waals surface area contributed by atoms with Gasteiger partial charge in [0.05, 0.1) is 17.3 Å².